The van der Waals surface area contributed by atoms with E-state index < -0.39 is 0 Å². The van der Waals surface area contributed by atoms with Crippen molar-refractivity contribution in [3.63, 3.8) is 0 Å². The van der Waals surface area contributed by atoms with Crippen molar-refractivity contribution >= 4 is 16.9 Å². The highest BCUT2D eigenvalue weighted by Crippen LogP contribution is 2.57. The number of carbonyl (C=O) groups excluding carboxylic acids is 1. The molecule has 5 aliphatic rings. The van der Waals surface area contributed by atoms with Crippen LogP contribution >= 0.6 is 0 Å². The second-order valence-corrected chi connectivity index (χ2v) is 9.57. The SMILES string of the molecule is O=C(c1cn(CC2C3CC4CC(C3)CC2C4)c2cccnc12)N1CCOCC1. The monoisotopic (exact) mass is 379 g/mol. The molecule has 3 heterocycles. The predicted octanol–water partition coefficient (Wildman–Crippen LogP) is 3.58. The molecule has 1 aliphatic heterocycles. The molecule has 4 saturated carbocycles. The van der Waals surface area contributed by atoms with Gasteiger partial charge in [0.05, 0.1) is 24.3 Å². The third kappa shape index (κ3) is 2.70. The minimum Gasteiger partial charge on any atom is -0.378 e. The van der Waals surface area contributed by atoms with Crippen LogP contribution in [-0.2, 0) is 11.3 Å². The van der Waals surface area contributed by atoms with Gasteiger partial charge in [-0.25, -0.2) is 0 Å². The fraction of sp³-hybridized carbons (Fsp3) is 0.652. The van der Waals surface area contributed by atoms with E-state index in [1.54, 1.807) is 0 Å². The summed E-state index contributed by atoms with van der Waals surface area (Å²) < 4.78 is 7.77. The van der Waals surface area contributed by atoms with E-state index in [9.17, 15) is 4.79 Å². The number of hydrogen-bond acceptors (Lipinski definition) is 3. The summed E-state index contributed by atoms with van der Waals surface area (Å²) in [6.07, 6.45) is 11.2. The van der Waals surface area contributed by atoms with Gasteiger partial charge in [0, 0.05) is 32.0 Å². The van der Waals surface area contributed by atoms with Gasteiger partial charge < -0.3 is 14.2 Å². The molecule has 0 aromatic carbocycles. The van der Waals surface area contributed by atoms with Crippen LogP contribution in [0.15, 0.2) is 24.5 Å². The van der Waals surface area contributed by atoms with E-state index in [-0.39, 0.29) is 5.91 Å². The van der Waals surface area contributed by atoms with Gasteiger partial charge in [-0.2, -0.15) is 0 Å². The molecule has 0 N–H and O–H groups in total. The number of nitrogens with zero attached hydrogens (tertiary/aromatic N) is 3. The molecule has 5 heteroatoms. The van der Waals surface area contributed by atoms with Crippen molar-refractivity contribution in [2.24, 2.45) is 29.6 Å². The van der Waals surface area contributed by atoms with Gasteiger partial charge in [-0.05, 0) is 73.8 Å². The maximum atomic E-state index is 13.2. The second kappa shape index (κ2) is 6.58. The first-order valence-electron chi connectivity index (χ1n) is 11.1. The van der Waals surface area contributed by atoms with E-state index in [1.165, 1.54) is 32.1 Å². The molecule has 0 unspecified atom stereocenters. The summed E-state index contributed by atoms with van der Waals surface area (Å²) in [6.45, 7) is 3.66. The van der Waals surface area contributed by atoms with Gasteiger partial charge >= 0.3 is 0 Å². The lowest BCUT2D eigenvalue weighted by Gasteiger charge is -2.54. The first-order chi connectivity index (χ1) is 13.8. The van der Waals surface area contributed by atoms with Crippen LogP contribution in [0.4, 0.5) is 0 Å². The number of aromatic nitrogens is 2. The van der Waals surface area contributed by atoms with Crippen molar-refractivity contribution in [3.8, 4) is 0 Å². The molecule has 1 amide bonds. The summed E-state index contributed by atoms with van der Waals surface area (Å²) in [4.78, 5) is 19.7. The molecule has 0 spiro atoms. The van der Waals surface area contributed by atoms with Crippen molar-refractivity contribution in [3.05, 3.63) is 30.1 Å². The summed E-state index contributed by atoms with van der Waals surface area (Å²) in [7, 11) is 0. The standard InChI is InChI=1S/C23H29N3O2/c27-23(25-4-6-28-7-5-25)20-14-26(21-2-1-3-24-22(20)21)13-19-17-9-15-8-16(11-17)12-18(19)10-15/h1-3,14-19H,4-13H2. The maximum absolute atomic E-state index is 13.2. The van der Waals surface area contributed by atoms with Crippen LogP contribution in [0.25, 0.3) is 11.0 Å². The summed E-state index contributed by atoms with van der Waals surface area (Å²) in [5.74, 6) is 4.67. The third-order valence-corrected chi connectivity index (χ3v) is 7.99. The van der Waals surface area contributed by atoms with Crippen LogP contribution in [-0.4, -0.2) is 46.7 Å². The second-order valence-electron chi connectivity index (χ2n) is 9.57. The quantitative estimate of drug-likeness (QED) is 0.819. The average molecular weight is 380 g/mol. The highest BCUT2D eigenvalue weighted by atomic mass is 16.5. The van der Waals surface area contributed by atoms with E-state index in [0.717, 1.165) is 52.7 Å². The molecule has 0 radical (unpaired) electrons. The molecular formula is C23H29N3O2. The number of fused-ring (bicyclic) bond motifs is 1. The highest BCUT2D eigenvalue weighted by Gasteiger charge is 2.48. The predicted molar refractivity (Wildman–Crippen MR) is 107 cm³/mol. The minimum absolute atomic E-state index is 0.107. The topological polar surface area (TPSA) is 47.4 Å². The number of hydrogen-bond donors (Lipinski definition) is 0. The first kappa shape index (κ1) is 17.0. The first-order valence-corrected chi connectivity index (χ1v) is 11.1. The van der Waals surface area contributed by atoms with Crippen LogP contribution < -0.4 is 0 Å². The Morgan fingerprint density at radius 2 is 1.79 bits per heavy atom. The molecule has 7 rings (SSSR count). The Labute approximate surface area is 166 Å². The number of pyridine rings is 1. The lowest BCUT2D eigenvalue weighted by atomic mass is 9.52. The maximum Gasteiger partial charge on any atom is 0.257 e. The van der Waals surface area contributed by atoms with Crippen molar-refractivity contribution in [2.75, 3.05) is 26.3 Å². The molecule has 4 aliphatic carbocycles. The van der Waals surface area contributed by atoms with Crippen LogP contribution in [0, 0.1) is 29.6 Å². The van der Waals surface area contributed by atoms with E-state index in [2.05, 4.69) is 21.8 Å². The molecule has 148 valence electrons. The molecule has 5 nitrogen and oxygen atoms in total. The van der Waals surface area contributed by atoms with E-state index in [4.69, 9.17) is 4.74 Å². The fourth-order valence-electron chi connectivity index (χ4n) is 6.93. The van der Waals surface area contributed by atoms with E-state index in [1.807, 2.05) is 17.2 Å². The van der Waals surface area contributed by atoms with Crippen LogP contribution in [0.5, 0.6) is 0 Å². The Bertz CT molecular complexity index is 870. The molecule has 0 atom stereocenters. The highest BCUT2D eigenvalue weighted by molar-refractivity contribution is 6.05. The Kier molecular flexibility index (Phi) is 4.00. The summed E-state index contributed by atoms with van der Waals surface area (Å²) in [5.41, 5.74) is 2.75. The number of rotatable bonds is 3. The summed E-state index contributed by atoms with van der Waals surface area (Å²) in [5, 5.41) is 0. The fourth-order valence-corrected chi connectivity index (χ4v) is 6.93. The molecule has 1 saturated heterocycles. The number of ether oxygens (including phenoxy) is 1. The number of morpholine rings is 1. The van der Waals surface area contributed by atoms with E-state index >= 15 is 0 Å². The van der Waals surface area contributed by atoms with Crippen LogP contribution in [0.1, 0.15) is 42.5 Å². The Morgan fingerprint density at radius 1 is 1.07 bits per heavy atom. The number of amides is 1. The van der Waals surface area contributed by atoms with Gasteiger partial charge in [0.25, 0.3) is 5.91 Å². The van der Waals surface area contributed by atoms with Crippen LogP contribution in [0.2, 0.25) is 0 Å². The third-order valence-electron chi connectivity index (χ3n) is 7.99. The Hall–Kier alpha value is -1.88. The van der Waals surface area contributed by atoms with Gasteiger partial charge in [-0.1, -0.05) is 0 Å². The zero-order valence-corrected chi connectivity index (χ0v) is 16.4. The smallest absolute Gasteiger partial charge is 0.257 e. The molecule has 2 aromatic heterocycles. The average Bonchev–Trinajstić information content (AvgIpc) is 3.09. The van der Waals surface area contributed by atoms with Gasteiger partial charge in [-0.15, -0.1) is 0 Å². The van der Waals surface area contributed by atoms with Gasteiger partial charge in [-0.3, -0.25) is 9.78 Å². The normalized spacial score (nSPS) is 34.3. The number of carbonyl (C=O) groups is 1. The van der Waals surface area contributed by atoms with Gasteiger partial charge in [0.1, 0.15) is 5.52 Å². The zero-order chi connectivity index (χ0) is 18.7. The zero-order valence-electron chi connectivity index (χ0n) is 16.4. The van der Waals surface area contributed by atoms with E-state index in [0.29, 0.717) is 26.3 Å². The van der Waals surface area contributed by atoms with Crippen molar-refractivity contribution < 1.29 is 9.53 Å². The largest absolute Gasteiger partial charge is 0.378 e. The van der Waals surface area contributed by atoms with Gasteiger partial charge in [0.2, 0.25) is 0 Å². The lowest BCUT2D eigenvalue weighted by Crippen LogP contribution is -2.46. The van der Waals surface area contributed by atoms with Crippen LogP contribution in [0.3, 0.4) is 0 Å². The molecule has 5 fully saturated rings. The van der Waals surface area contributed by atoms with Crippen molar-refractivity contribution in [1.29, 1.82) is 0 Å². The summed E-state index contributed by atoms with van der Waals surface area (Å²) in [6, 6.07) is 4.13. The Morgan fingerprint density at radius 3 is 2.50 bits per heavy atom. The lowest BCUT2D eigenvalue weighted by molar-refractivity contribution is -0.0425. The molecular weight excluding hydrogens is 350 g/mol. The minimum atomic E-state index is 0.107. The van der Waals surface area contributed by atoms with Crippen molar-refractivity contribution in [1.82, 2.24) is 14.5 Å². The Balaban J connectivity index is 1.32. The van der Waals surface area contributed by atoms with Gasteiger partial charge in [0.15, 0.2) is 0 Å². The summed E-state index contributed by atoms with van der Waals surface area (Å²) >= 11 is 0. The molecule has 28 heavy (non-hydrogen) atoms. The molecule has 4 bridgehead atoms. The van der Waals surface area contributed by atoms with Crippen molar-refractivity contribution in [2.45, 2.75) is 38.6 Å². The molecule has 2 aromatic rings.